The zero-order chi connectivity index (χ0) is 17.6. The van der Waals surface area contributed by atoms with Gasteiger partial charge in [-0.05, 0) is 23.4 Å². The molecule has 26 heavy (non-hydrogen) atoms. The van der Waals surface area contributed by atoms with Gasteiger partial charge >= 0.3 is 0 Å². The van der Waals surface area contributed by atoms with Crippen LogP contribution >= 0.6 is 23.1 Å². The molecule has 4 rings (SSSR count). The van der Waals surface area contributed by atoms with E-state index >= 15 is 0 Å². The van der Waals surface area contributed by atoms with Crippen LogP contribution < -0.4 is 0 Å². The third kappa shape index (κ3) is 4.23. The van der Waals surface area contributed by atoms with E-state index in [4.69, 9.17) is 0 Å². The summed E-state index contributed by atoms with van der Waals surface area (Å²) in [5, 5.41) is 11.4. The van der Waals surface area contributed by atoms with E-state index < -0.39 is 0 Å². The van der Waals surface area contributed by atoms with Crippen molar-refractivity contribution in [2.75, 3.05) is 0 Å². The number of imidazole rings is 1. The highest BCUT2D eigenvalue weighted by atomic mass is 32.2. The van der Waals surface area contributed by atoms with E-state index in [1.807, 2.05) is 24.8 Å². The van der Waals surface area contributed by atoms with Gasteiger partial charge in [0, 0.05) is 30.4 Å². The Morgan fingerprint density at radius 2 is 1.96 bits per heavy atom. The Labute approximate surface area is 160 Å². The van der Waals surface area contributed by atoms with Crippen LogP contribution in [0.5, 0.6) is 0 Å². The van der Waals surface area contributed by atoms with Gasteiger partial charge in [-0.15, -0.1) is 21.5 Å². The van der Waals surface area contributed by atoms with Crippen LogP contribution in [-0.2, 0) is 25.3 Å². The second kappa shape index (κ2) is 8.33. The van der Waals surface area contributed by atoms with Crippen molar-refractivity contribution in [1.29, 1.82) is 0 Å². The van der Waals surface area contributed by atoms with Crippen LogP contribution in [-0.4, -0.2) is 24.3 Å². The number of rotatable bonds is 8. The van der Waals surface area contributed by atoms with Gasteiger partial charge in [-0.25, -0.2) is 4.98 Å². The van der Waals surface area contributed by atoms with E-state index in [0.717, 1.165) is 36.2 Å². The van der Waals surface area contributed by atoms with Crippen molar-refractivity contribution < 1.29 is 0 Å². The number of hydrogen-bond donors (Lipinski definition) is 0. The van der Waals surface area contributed by atoms with Crippen LogP contribution in [0, 0.1) is 0 Å². The van der Waals surface area contributed by atoms with Crippen LogP contribution in [0.15, 0.2) is 71.7 Å². The topological polar surface area (TPSA) is 48.5 Å². The normalized spacial score (nSPS) is 11.1. The maximum absolute atomic E-state index is 4.51. The smallest absolute Gasteiger partial charge is 0.191 e. The summed E-state index contributed by atoms with van der Waals surface area (Å²) in [6.45, 7) is 1.73. The lowest BCUT2D eigenvalue weighted by atomic mass is 10.2. The number of thioether (sulfide) groups is 1. The summed E-state index contributed by atoms with van der Waals surface area (Å²) in [6.07, 6.45) is 6.71. The molecule has 132 valence electrons. The predicted molar refractivity (Wildman–Crippen MR) is 105 cm³/mol. The molecular weight excluding hydrogens is 362 g/mol. The van der Waals surface area contributed by atoms with Gasteiger partial charge in [-0.3, -0.25) is 0 Å². The Morgan fingerprint density at radius 3 is 2.81 bits per heavy atom. The lowest BCUT2D eigenvalue weighted by molar-refractivity contribution is 0.637. The molecule has 0 bridgehead atoms. The number of benzene rings is 1. The van der Waals surface area contributed by atoms with Gasteiger partial charge in [-0.2, -0.15) is 0 Å². The lowest BCUT2D eigenvalue weighted by Gasteiger charge is -2.08. The third-order valence-corrected chi connectivity index (χ3v) is 6.00. The SMILES string of the molecule is c1ccc(Cn2ccnc2CSc2nncn2CCc2cccs2)cc1. The molecule has 0 saturated carbocycles. The maximum Gasteiger partial charge on any atom is 0.191 e. The van der Waals surface area contributed by atoms with E-state index in [-0.39, 0.29) is 0 Å². The van der Waals surface area contributed by atoms with E-state index in [1.165, 1.54) is 10.4 Å². The summed E-state index contributed by atoms with van der Waals surface area (Å²) in [6, 6.07) is 14.7. The Kier molecular flexibility index (Phi) is 5.47. The summed E-state index contributed by atoms with van der Waals surface area (Å²) >= 11 is 3.47. The summed E-state index contributed by atoms with van der Waals surface area (Å²) in [5.41, 5.74) is 1.27. The van der Waals surface area contributed by atoms with Crippen molar-refractivity contribution in [3.8, 4) is 0 Å². The standard InChI is InChI=1S/C19H19N5S2/c1-2-5-16(6-3-1)13-23-11-9-20-18(23)14-26-19-22-21-15-24(19)10-8-17-7-4-12-25-17/h1-7,9,11-12,15H,8,10,13-14H2. The van der Waals surface area contributed by atoms with Crippen molar-refractivity contribution in [2.45, 2.75) is 30.4 Å². The van der Waals surface area contributed by atoms with Crippen LogP contribution in [0.3, 0.4) is 0 Å². The van der Waals surface area contributed by atoms with Crippen LogP contribution in [0.1, 0.15) is 16.3 Å². The molecule has 5 nitrogen and oxygen atoms in total. The number of nitrogens with zero attached hydrogens (tertiary/aromatic N) is 5. The number of hydrogen-bond acceptors (Lipinski definition) is 5. The molecule has 4 aromatic rings. The first-order chi connectivity index (χ1) is 12.9. The highest BCUT2D eigenvalue weighted by Crippen LogP contribution is 2.21. The minimum absolute atomic E-state index is 0.775. The summed E-state index contributed by atoms with van der Waals surface area (Å²) in [4.78, 5) is 5.90. The quantitative estimate of drug-likeness (QED) is 0.431. The van der Waals surface area contributed by atoms with Gasteiger partial charge in [0.15, 0.2) is 5.16 Å². The summed E-state index contributed by atoms with van der Waals surface area (Å²) < 4.78 is 4.31. The minimum atomic E-state index is 0.775. The first-order valence-corrected chi connectivity index (χ1v) is 10.3. The second-order valence-corrected chi connectivity index (χ2v) is 7.86. The summed E-state index contributed by atoms with van der Waals surface area (Å²) in [5.74, 6) is 1.82. The average Bonchev–Trinajstić information content (AvgIpc) is 3.41. The Morgan fingerprint density at radius 1 is 1.04 bits per heavy atom. The van der Waals surface area contributed by atoms with Gasteiger partial charge in [0.1, 0.15) is 12.2 Å². The molecule has 0 aliphatic carbocycles. The van der Waals surface area contributed by atoms with E-state index in [2.05, 4.69) is 66.1 Å². The van der Waals surface area contributed by atoms with Gasteiger partial charge in [0.25, 0.3) is 0 Å². The Bertz CT molecular complexity index is 928. The molecule has 1 aromatic carbocycles. The van der Waals surface area contributed by atoms with E-state index in [1.54, 1.807) is 23.1 Å². The van der Waals surface area contributed by atoms with Crippen molar-refractivity contribution in [3.05, 3.63) is 82.8 Å². The fourth-order valence-electron chi connectivity index (χ4n) is 2.73. The molecule has 0 aliphatic rings. The van der Waals surface area contributed by atoms with Crippen molar-refractivity contribution in [3.63, 3.8) is 0 Å². The van der Waals surface area contributed by atoms with Gasteiger partial charge in [0.2, 0.25) is 0 Å². The van der Waals surface area contributed by atoms with Crippen molar-refractivity contribution in [2.24, 2.45) is 0 Å². The fraction of sp³-hybridized carbons (Fsp3) is 0.211. The van der Waals surface area contributed by atoms with Gasteiger partial charge in [-0.1, -0.05) is 48.2 Å². The zero-order valence-corrected chi connectivity index (χ0v) is 15.9. The average molecular weight is 382 g/mol. The van der Waals surface area contributed by atoms with Crippen molar-refractivity contribution >= 4 is 23.1 Å². The van der Waals surface area contributed by atoms with E-state index in [9.17, 15) is 0 Å². The van der Waals surface area contributed by atoms with Crippen LogP contribution in [0.4, 0.5) is 0 Å². The van der Waals surface area contributed by atoms with Gasteiger partial charge in [0.05, 0.1) is 5.75 Å². The minimum Gasteiger partial charge on any atom is -0.330 e. The first kappa shape index (κ1) is 17.1. The molecule has 0 atom stereocenters. The molecule has 7 heteroatoms. The molecule has 0 aliphatic heterocycles. The number of thiophene rings is 1. The summed E-state index contributed by atoms with van der Waals surface area (Å²) in [7, 11) is 0. The molecule has 3 heterocycles. The van der Waals surface area contributed by atoms with E-state index in [0.29, 0.717) is 0 Å². The highest BCUT2D eigenvalue weighted by Gasteiger charge is 2.09. The van der Waals surface area contributed by atoms with Crippen LogP contribution in [0.2, 0.25) is 0 Å². The molecule has 0 N–H and O–H groups in total. The van der Waals surface area contributed by atoms with Crippen LogP contribution in [0.25, 0.3) is 0 Å². The largest absolute Gasteiger partial charge is 0.330 e. The van der Waals surface area contributed by atoms with Crippen molar-refractivity contribution in [1.82, 2.24) is 24.3 Å². The highest BCUT2D eigenvalue weighted by molar-refractivity contribution is 7.98. The monoisotopic (exact) mass is 381 g/mol. The second-order valence-electron chi connectivity index (χ2n) is 5.88. The molecular formula is C19H19N5S2. The van der Waals surface area contributed by atoms with Gasteiger partial charge < -0.3 is 9.13 Å². The Hall–Kier alpha value is -2.38. The molecule has 3 aromatic heterocycles. The maximum atomic E-state index is 4.51. The zero-order valence-electron chi connectivity index (χ0n) is 14.2. The molecule has 0 unspecified atom stereocenters. The molecule has 0 amide bonds. The number of aromatic nitrogens is 5. The predicted octanol–water partition coefficient (Wildman–Crippen LogP) is 4.12. The lowest BCUT2D eigenvalue weighted by Crippen LogP contribution is -2.05. The molecule has 0 fully saturated rings. The number of aryl methyl sites for hydroxylation is 2. The molecule has 0 radical (unpaired) electrons. The fourth-order valence-corrected chi connectivity index (χ4v) is 4.33. The molecule has 0 spiro atoms. The first-order valence-electron chi connectivity index (χ1n) is 8.45. The molecule has 0 saturated heterocycles. The third-order valence-electron chi connectivity index (χ3n) is 4.09. The Balaban J connectivity index is 1.38.